The van der Waals surface area contributed by atoms with Crippen molar-refractivity contribution in [2.75, 3.05) is 11.4 Å². The zero-order chi connectivity index (χ0) is 22.2. The van der Waals surface area contributed by atoms with E-state index in [2.05, 4.69) is 27.0 Å². The van der Waals surface area contributed by atoms with Crippen molar-refractivity contribution in [1.82, 2.24) is 18.7 Å². The van der Waals surface area contributed by atoms with Crippen LogP contribution in [-0.2, 0) is 25.4 Å². The molecule has 0 aliphatic rings. The number of hydrogen-bond donors (Lipinski definition) is 0. The fraction of sp³-hybridized carbons (Fsp3) is 0.350. The van der Waals surface area contributed by atoms with Crippen molar-refractivity contribution in [3.05, 3.63) is 54.9 Å². The summed E-state index contributed by atoms with van der Waals surface area (Å²) in [5.74, 6) is -0.289. The highest BCUT2D eigenvalue weighted by molar-refractivity contribution is 9.10. The number of amides is 1. The number of benzene rings is 1. The lowest BCUT2D eigenvalue weighted by molar-refractivity contribution is -0.119. The molecule has 30 heavy (non-hydrogen) atoms. The van der Waals surface area contributed by atoms with Crippen LogP contribution in [0, 0.1) is 25.2 Å². The van der Waals surface area contributed by atoms with Crippen molar-refractivity contribution < 1.29 is 4.79 Å². The average Bonchev–Trinajstić information content (AvgIpc) is 3.00. The number of halogens is 1. The molecule has 3 aromatic rings. The second kappa shape index (κ2) is 8.28. The Hall–Kier alpha value is -3.19. The molecular formula is C20H21BrN6O3. The number of aryl methyl sites for hydroxylation is 3. The maximum absolute atomic E-state index is 13.3. The van der Waals surface area contributed by atoms with Crippen LogP contribution in [0.1, 0.15) is 17.5 Å². The molecule has 0 radical (unpaired) electrons. The first kappa shape index (κ1) is 21.5. The van der Waals surface area contributed by atoms with Gasteiger partial charge in [-0.2, -0.15) is 5.26 Å². The van der Waals surface area contributed by atoms with Crippen LogP contribution in [0.3, 0.4) is 0 Å². The standard InChI is InChI=1S/C20H21BrN6O3/c1-12-8-13(2)10-14(9-12)26(7-5-6-22)15(28)11-27-17-16(23-19(27)21)18(29)25(4)20(30)24(17)3/h8-10H,5,7,11H2,1-4H3. The Morgan fingerprint density at radius 2 is 1.80 bits per heavy atom. The number of nitrogens with zero attached hydrogens (tertiary/aromatic N) is 6. The van der Waals surface area contributed by atoms with Crippen LogP contribution in [0.25, 0.3) is 11.2 Å². The smallest absolute Gasteiger partial charge is 0.310 e. The number of imidazole rings is 1. The number of aromatic nitrogens is 4. The first-order chi connectivity index (χ1) is 14.1. The maximum Gasteiger partial charge on any atom is 0.332 e. The molecule has 0 N–H and O–H groups in total. The summed E-state index contributed by atoms with van der Waals surface area (Å²) in [7, 11) is 2.91. The minimum absolute atomic E-state index is 0.0919. The number of nitriles is 1. The van der Waals surface area contributed by atoms with Gasteiger partial charge in [-0.25, -0.2) is 9.78 Å². The quantitative estimate of drug-likeness (QED) is 0.525. The first-order valence-electron chi connectivity index (χ1n) is 9.23. The van der Waals surface area contributed by atoms with Gasteiger partial charge in [0.25, 0.3) is 5.56 Å². The zero-order valence-corrected chi connectivity index (χ0v) is 18.7. The van der Waals surface area contributed by atoms with Crippen LogP contribution >= 0.6 is 15.9 Å². The van der Waals surface area contributed by atoms with E-state index in [1.807, 2.05) is 32.0 Å². The molecule has 1 aromatic carbocycles. The highest BCUT2D eigenvalue weighted by Crippen LogP contribution is 2.22. The maximum atomic E-state index is 13.3. The summed E-state index contributed by atoms with van der Waals surface area (Å²) in [4.78, 5) is 43.8. The first-order valence-corrected chi connectivity index (χ1v) is 10.0. The molecule has 0 saturated carbocycles. The molecule has 2 aromatic heterocycles. The number of fused-ring (bicyclic) bond motifs is 1. The van der Waals surface area contributed by atoms with Gasteiger partial charge in [-0.15, -0.1) is 0 Å². The lowest BCUT2D eigenvalue weighted by atomic mass is 10.1. The third-order valence-corrected chi connectivity index (χ3v) is 5.46. The summed E-state index contributed by atoms with van der Waals surface area (Å²) < 4.78 is 4.02. The van der Waals surface area contributed by atoms with E-state index in [9.17, 15) is 14.4 Å². The molecule has 3 rings (SSSR count). The van der Waals surface area contributed by atoms with E-state index in [1.165, 1.54) is 23.2 Å². The lowest BCUT2D eigenvalue weighted by Gasteiger charge is -2.23. The van der Waals surface area contributed by atoms with Gasteiger partial charge in [-0.05, 0) is 53.0 Å². The third kappa shape index (κ3) is 3.80. The third-order valence-electron chi connectivity index (χ3n) is 4.85. The SMILES string of the molecule is Cc1cc(C)cc(N(CCC#N)C(=O)Cn2c(Br)nc3c(=O)n(C)c(=O)n(C)c32)c1. The Morgan fingerprint density at radius 3 is 2.40 bits per heavy atom. The molecule has 0 aliphatic carbocycles. The van der Waals surface area contributed by atoms with Crippen molar-refractivity contribution in [3.8, 4) is 6.07 Å². The Bertz CT molecular complexity index is 1290. The van der Waals surface area contributed by atoms with E-state index in [0.717, 1.165) is 15.7 Å². The van der Waals surface area contributed by atoms with Crippen molar-refractivity contribution >= 4 is 38.7 Å². The van der Waals surface area contributed by atoms with Gasteiger partial charge >= 0.3 is 5.69 Å². The van der Waals surface area contributed by atoms with Crippen molar-refractivity contribution in [3.63, 3.8) is 0 Å². The van der Waals surface area contributed by atoms with Crippen LogP contribution < -0.4 is 16.1 Å². The highest BCUT2D eigenvalue weighted by atomic mass is 79.9. The number of hydrogen-bond acceptors (Lipinski definition) is 5. The molecule has 0 saturated heterocycles. The van der Waals surface area contributed by atoms with E-state index >= 15 is 0 Å². The van der Waals surface area contributed by atoms with E-state index in [4.69, 9.17) is 5.26 Å². The van der Waals surface area contributed by atoms with E-state index in [1.54, 1.807) is 4.90 Å². The fourth-order valence-corrected chi connectivity index (χ4v) is 3.96. The van der Waals surface area contributed by atoms with Crippen LogP contribution in [0.5, 0.6) is 0 Å². The Morgan fingerprint density at radius 1 is 1.17 bits per heavy atom. The molecule has 0 aliphatic heterocycles. The lowest BCUT2D eigenvalue weighted by Crippen LogP contribution is -2.38. The number of rotatable bonds is 5. The molecule has 0 spiro atoms. The van der Waals surface area contributed by atoms with Crippen LogP contribution in [0.15, 0.2) is 32.5 Å². The Kier molecular flexibility index (Phi) is 5.94. The predicted molar refractivity (Wildman–Crippen MR) is 116 cm³/mol. The van der Waals surface area contributed by atoms with Gasteiger partial charge in [-0.3, -0.25) is 23.3 Å². The molecule has 10 heteroatoms. The summed E-state index contributed by atoms with van der Waals surface area (Å²) in [5.41, 5.74) is 2.00. The molecule has 1 amide bonds. The molecule has 156 valence electrons. The summed E-state index contributed by atoms with van der Waals surface area (Å²) in [5, 5.41) is 9.03. The van der Waals surface area contributed by atoms with E-state index < -0.39 is 11.2 Å². The summed E-state index contributed by atoms with van der Waals surface area (Å²) >= 11 is 3.30. The molecule has 0 unspecified atom stereocenters. The van der Waals surface area contributed by atoms with E-state index in [-0.39, 0.29) is 41.3 Å². The van der Waals surface area contributed by atoms with Gasteiger partial charge in [0.15, 0.2) is 15.9 Å². The van der Waals surface area contributed by atoms with Gasteiger partial charge < -0.3 is 4.90 Å². The van der Waals surface area contributed by atoms with Gasteiger partial charge in [-0.1, -0.05) is 6.07 Å². The zero-order valence-electron chi connectivity index (χ0n) is 17.1. The van der Waals surface area contributed by atoms with Gasteiger partial charge in [0.05, 0.1) is 12.5 Å². The molecule has 0 fully saturated rings. The second-order valence-electron chi connectivity index (χ2n) is 7.14. The second-order valence-corrected chi connectivity index (χ2v) is 7.85. The minimum atomic E-state index is -0.532. The van der Waals surface area contributed by atoms with Crippen LogP contribution in [0.4, 0.5) is 5.69 Å². The van der Waals surface area contributed by atoms with Crippen molar-refractivity contribution in [2.45, 2.75) is 26.8 Å². The summed E-state index contributed by atoms with van der Waals surface area (Å²) in [6, 6.07) is 7.84. The Labute approximate surface area is 180 Å². The fourth-order valence-electron chi connectivity index (χ4n) is 3.49. The predicted octanol–water partition coefficient (Wildman–Crippen LogP) is 1.76. The molecule has 2 heterocycles. The summed E-state index contributed by atoms with van der Waals surface area (Å²) in [6.07, 6.45) is 0.170. The highest BCUT2D eigenvalue weighted by Gasteiger charge is 2.23. The monoisotopic (exact) mass is 472 g/mol. The number of anilines is 1. The van der Waals surface area contributed by atoms with E-state index in [0.29, 0.717) is 5.69 Å². The molecule has 9 nitrogen and oxygen atoms in total. The van der Waals surface area contributed by atoms with Crippen molar-refractivity contribution in [1.29, 1.82) is 5.26 Å². The topological polar surface area (TPSA) is 106 Å². The van der Waals surface area contributed by atoms with Crippen LogP contribution in [-0.4, -0.2) is 31.1 Å². The van der Waals surface area contributed by atoms with Gasteiger partial charge in [0, 0.05) is 26.3 Å². The van der Waals surface area contributed by atoms with Gasteiger partial charge in [0.1, 0.15) is 6.54 Å². The minimum Gasteiger partial charge on any atom is -0.310 e. The molecule has 0 atom stereocenters. The average molecular weight is 473 g/mol. The van der Waals surface area contributed by atoms with Crippen LogP contribution in [0.2, 0.25) is 0 Å². The molecule has 0 bridgehead atoms. The Balaban J connectivity index is 2.09. The number of carbonyl (C=O) groups is 1. The number of carbonyl (C=O) groups excluding carboxylic acids is 1. The largest absolute Gasteiger partial charge is 0.332 e. The van der Waals surface area contributed by atoms with Crippen molar-refractivity contribution in [2.24, 2.45) is 14.1 Å². The normalized spacial score (nSPS) is 10.9. The molecular weight excluding hydrogens is 452 g/mol. The van der Waals surface area contributed by atoms with Gasteiger partial charge in [0.2, 0.25) is 5.91 Å². The summed E-state index contributed by atoms with van der Waals surface area (Å²) in [6.45, 7) is 3.95.